The zero-order chi connectivity index (χ0) is 20.0. The minimum Gasteiger partial charge on any atom is -0.348 e. The molecule has 2 aliphatic rings. The normalized spacial score (nSPS) is 20.2. The van der Waals surface area contributed by atoms with Gasteiger partial charge in [-0.05, 0) is 37.3 Å². The van der Waals surface area contributed by atoms with Gasteiger partial charge in [0.2, 0.25) is 0 Å². The quantitative estimate of drug-likeness (QED) is 0.615. The number of halogens is 1. The molecule has 0 saturated carbocycles. The number of hydrogen-bond acceptors (Lipinski definition) is 4. The minimum absolute atomic E-state index is 0.219. The highest BCUT2D eigenvalue weighted by atomic mass is 79.9. The van der Waals surface area contributed by atoms with Crippen molar-refractivity contribution in [2.24, 2.45) is 10.1 Å². The second-order valence-corrected chi connectivity index (χ2v) is 7.91. The summed E-state index contributed by atoms with van der Waals surface area (Å²) in [5, 5.41) is 9.35. The number of rotatable bonds is 2. The summed E-state index contributed by atoms with van der Waals surface area (Å²) >= 11 is 3.55. The van der Waals surface area contributed by atoms with Crippen LogP contribution in [0.25, 0.3) is 0 Å². The maximum Gasteiger partial charge on any atom is 0.302 e. The highest BCUT2D eigenvalue weighted by Gasteiger charge is 2.52. The van der Waals surface area contributed by atoms with E-state index in [-0.39, 0.29) is 5.91 Å². The minimum atomic E-state index is -1.26. The monoisotopic (exact) mass is 444 g/mol. The van der Waals surface area contributed by atoms with E-state index in [1.54, 1.807) is 0 Å². The van der Waals surface area contributed by atoms with E-state index in [1.807, 2.05) is 85.8 Å². The average molecular weight is 445 g/mol. The third-order valence-electron chi connectivity index (χ3n) is 5.16. The fraction of sp³-hybridized carbons (Fsp3) is 0.0870. The van der Waals surface area contributed by atoms with Crippen molar-refractivity contribution in [2.75, 3.05) is 10.3 Å². The SMILES string of the molecule is CC1=NN(c2ccccc2)C(=O)C12N=C(c1ccccc1)c1cc(Br)ccc1N2. The number of amides is 1. The maximum absolute atomic E-state index is 13.6. The number of hydrogen-bond donors (Lipinski definition) is 1. The largest absolute Gasteiger partial charge is 0.348 e. The van der Waals surface area contributed by atoms with Crippen molar-refractivity contribution in [3.63, 3.8) is 0 Å². The van der Waals surface area contributed by atoms with Gasteiger partial charge in [-0.25, -0.2) is 4.99 Å². The summed E-state index contributed by atoms with van der Waals surface area (Å²) in [5.74, 6) is -0.219. The lowest BCUT2D eigenvalue weighted by atomic mass is 9.93. The summed E-state index contributed by atoms with van der Waals surface area (Å²) in [6.45, 7) is 1.84. The molecule has 3 aromatic carbocycles. The van der Waals surface area contributed by atoms with E-state index in [9.17, 15) is 4.79 Å². The van der Waals surface area contributed by atoms with Crippen molar-refractivity contribution in [3.05, 3.63) is 94.5 Å². The van der Waals surface area contributed by atoms with E-state index in [0.29, 0.717) is 11.4 Å². The Morgan fingerprint density at radius 3 is 2.38 bits per heavy atom. The summed E-state index contributed by atoms with van der Waals surface area (Å²) in [6.07, 6.45) is 0. The third-order valence-corrected chi connectivity index (χ3v) is 5.65. The van der Waals surface area contributed by atoms with Crippen LogP contribution in [0.1, 0.15) is 18.1 Å². The molecule has 29 heavy (non-hydrogen) atoms. The molecule has 2 aliphatic heterocycles. The van der Waals surface area contributed by atoms with Crippen LogP contribution in [-0.2, 0) is 4.79 Å². The second kappa shape index (κ2) is 6.67. The first-order valence-electron chi connectivity index (χ1n) is 9.27. The number of fused-ring (bicyclic) bond motifs is 1. The molecule has 2 heterocycles. The van der Waals surface area contributed by atoms with Crippen LogP contribution in [0.2, 0.25) is 0 Å². The lowest BCUT2D eigenvalue weighted by Crippen LogP contribution is -2.53. The Morgan fingerprint density at radius 1 is 0.966 bits per heavy atom. The molecular weight excluding hydrogens is 428 g/mol. The van der Waals surface area contributed by atoms with E-state index >= 15 is 0 Å². The van der Waals surface area contributed by atoms with Crippen molar-refractivity contribution in [2.45, 2.75) is 12.6 Å². The van der Waals surface area contributed by atoms with Gasteiger partial charge in [0.05, 0.1) is 17.1 Å². The molecule has 6 heteroatoms. The number of nitrogens with zero attached hydrogens (tertiary/aromatic N) is 3. The molecule has 1 atom stereocenters. The summed E-state index contributed by atoms with van der Waals surface area (Å²) in [7, 11) is 0. The standard InChI is InChI=1S/C23H17BrN4O/c1-15-23(22(29)28(27-15)18-10-6-3-7-11-18)25-20-13-12-17(24)14-19(20)21(26-23)16-8-4-2-5-9-16/h2-14,25H,1H3. The number of nitrogens with one attached hydrogen (secondary N) is 1. The van der Waals surface area contributed by atoms with Crippen LogP contribution < -0.4 is 10.3 Å². The lowest BCUT2D eigenvalue weighted by Gasteiger charge is -2.33. The summed E-state index contributed by atoms with van der Waals surface area (Å²) in [4.78, 5) is 18.5. The molecule has 0 aromatic heterocycles. The fourth-order valence-electron chi connectivity index (χ4n) is 3.68. The molecule has 142 valence electrons. The summed E-state index contributed by atoms with van der Waals surface area (Å²) in [5.41, 5.74) is 3.56. The number of carbonyl (C=O) groups is 1. The van der Waals surface area contributed by atoms with Gasteiger partial charge in [0.15, 0.2) is 0 Å². The first-order valence-corrected chi connectivity index (χ1v) is 10.1. The molecule has 1 N–H and O–H groups in total. The molecule has 0 fully saturated rings. The predicted octanol–water partition coefficient (Wildman–Crippen LogP) is 4.83. The van der Waals surface area contributed by atoms with Crippen LogP contribution >= 0.6 is 15.9 Å². The Balaban J connectivity index is 1.69. The number of benzene rings is 3. The van der Waals surface area contributed by atoms with Crippen molar-refractivity contribution in [1.29, 1.82) is 0 Å². The number of carbonyl (C=O) groups excluding carboxylic acids is 1. The van der Waals surface area contributed by atoms with Crippen molar-refractivity contribution in [3.8, 4) is 0 Å². The topological polar surface area (TPSA) is 57.1 Å². The maximum atomic E-state index is 13.6. The van der Waals surface area contributed by atoms with E-state index in [4.69, 9.17) is 4.99 Å². The van der Waals surface area contributed by atoms with Gasteiger partial charge in [-0.15, -0.1) is 0 Å². The van der Waals surface area contributed by atoms with Gasteiger partial charge in [0.1, 0.15) is 0 Å². The molecule has 0 bridgehead atoms. The Kier molecular flexibility index (Phi) is 4.10. The van der Waals surface area contributed by atoms with Crippen molar-refractivity contribution < 1.29 is 4.79 Å². The Hall–Kier alpha value is -3.25. The number of para-hydroxylation sites is 1. The molecule has 1 unspecified atom stereocenters. The van der Waals surface area contributed by atoms with Gasteiger partial charge in [-0.3, -0.25) is 4.79 Å². The summed E-state index contributed by atoms with van der Waals surface area (Å²) in [6, 6.07) is 25.3. The molecule has 5 nitrogen and oxygen atoms in total. The molecule has 5 rings (SSSR count). The second-order valence-electron chi connectivity index (χ2n) is 6.99. The molecule has 1 spiro atoms. The van der Waals surface area contributed by atoms with Crippen LogP contribution in [0.5, 0.6) is 0 Å². The van der Waals surface area contributed by atoms with Gasteiger partial charge in [-0.2, -0.15) is 10.1 Å². The number of anilines is 2. The highest BCUT2D eigenvalue weighted by molar-refractivity contribution is 9.10. The average Bonchev–Trinajstić information content (AvgIpc) is 2.99. The van der Waals surface area contributed by atoms with Gasteiger partial charge in [-0.1, -0.05) is 64.5 Å². The molecule has 0 radical (unpaired) electrons. The molecule has 0 aliphatic carbocycles. The molecule has 1 amide bonds. The first kappa shape index (κ1) is 17.8. The smallest absolute Gasteiger partial charge is 0.302 e. The van der Waals surface area contributed by atoms with Gasteiger partial charge in [0.25, 0.3) is 5.66 Å². The van der Waals surface area contributed by atoms with Crippen LogP contribution in [0.15, 0.2) is 93.4 Å². The van der Waals surface area contributed by atoms with Crippen LogP contribution in [0.4, 0.5) is 11.4 Å². The van der Waals surface area contributed by atoms with Gasteiger partial charge in [0, 0.05) is 21.3 Å². The number of aliphatic imine (C=N–C) groups is 1. The van der Waals surface area contributed by atoms with Gasteiger partial charge >= 0.3 is 5.91 Å². The van der Waals surface area contributed by atoms with Crippen LogP contribution in [0, 0.1) is 0 Å². The summed E-state index contributed by atoms with van der Waals surface area (Å²) < 4.78 is 0.951. The lowest BCUT2D eigenvalue weighted by molar-refractivity contribution is -0.120. The predicted molar refractivity (Wildman–Crippen MR) is 120 cm³/mol. The fourth-order valence-corrected chi connectivity index (χ4v) is 4.04. The molecule has 0 saturated heterocycles. The highest BCUT2D eigenvalue weighted by Crippen LogP contribution is 2.37. The van der Waals surface area contributed by atoms with Crippen LogP contribution in [-0.4, -0.2) is 23.0 Å². The third kappa shape index (κ3) is 2.79. The van der Waals surface area contributed by atoms with Crippen molar-refractivity contribution in [1.82, 2.24) is 0 Å². The molecular formula is C23H17BrN4O. The van der Waals surface area contributed by atoms with E-state index in [1.165, 1.54) is 5.01 Å². The van der Waals surface area contributed by atoms with Crippen molar-refractivity contribution >= 4 is 44.6 Å². The Labute approximate surface area is 176 Å². The van der Waals surface area contributed by atoms with E-state index in [2.05, 4.69) is 26.3 Å². The molecule has 3 aromatic rings. The Morgan fingerprint density at radius 2 is 1.66 bits per heavy atom. The number of hydrazone groups is 1. The zero-order valence-corrected chi connectivity index (χ0v) is 17.2. The Bertz CT molecular complexity index is 1170. The van der Waals surface area contributed by atoms with Crippen LogP contribution in [0.3, 0.4) is 0 Å². The van der Waals surface area contributed by atoms with E-state index in [0.717, 1.165) is 27.0 Å². The van der Waals surface area contributed by atoms with E-state index < -0.39 is 5.66 Å². The zero-order valence-electron chi connectivity index (χ0n) is 15.6. The van der Waals surface area contributed by atoms with Gasteiger partial charge < -0.3 is 5.32 Å². The first-order chi connectivity index (χ1) is 14.1.